The number of hydrogen-bond acceptors (Lipinski definition) is 1. The van der Waals surface area contributed by atoms with E-state index >= 15 is 0 Å². The van der Waals surface area contributed by atoms with Crippen LogP contribution in [0, 0.1) is 51.2 Å². The van der Waals surface area contributed by atoms with Crippen LogP contribution in [0.5, 0.6) is 0 Å². The fourth-order valence-corrected chi connectivity index (χ4v) is 11.2. The normalized spacial score (nSPS) is 59.4. The molecule has 9 unspecified atom stereocenters. The van der Waals surface area contributed by atoms with E-state index in [1.807, 2.05) is 0 Å². The molecule has 5 aliphatic carbocycles. The average Bonchev–Trinajstić information content (AvgIpc) is 3.10. The van der Waals surface area contributed by atoms with Gasteiger partial charge >= 0.3 is 0 Å². The zero-order valence-corrected chi connectivity index (χ0v) is 20.1. The van der Waals surface area contributed by atoms with Gasteiger partial charge in [-0.05, 0) is 122 Å². The van der Waals surface area contributed by atoms with Crippen LogP contribution in [-0.2, 0) is 0 Å². The number of fused-ring (bicyclic) bond motifs is 7. The summed E-state index contributed by atoms with van der Waals surface area (Å²) in [7, 11) is 0. The second kappa shape index (κ2) is 6.73. The SMILES string of the molecule is CCCC12CCCC1C1CCC3C4(C)CCC(O)C(C)C4CCC3(C)[C@]1(C)CC2. The van der Waals surface area contributed by atoms with E-state index in [4.69, 9.17) is 0 Å². The predicted molar refractivity (Wildman–Crippen MR) is 122 cm³/mol. The third-order valence-corrected chi connectivity index (χ3v) is 12.8. The monoisotopic (exact) mass is 400 g/mol. The van der Waals surface area contributed by atoms with Gasteiger partial charge < -0.3 is 5.11 Å². The Balaban J connectivity index is 1.50. The Bertz CT molecular complexity index is 642. The van der Waals surface area contributed by atoms with Gasteiger partial charge in [-0.2, -0.15) is 0 Å². The summed E-state index contributed by atoms with van der Waals surface area (Å²) in [5.74, 6) is 4.14. The van der Waals surface area contributed by atoms with E-state index in [1.54, 1.807) is 0 Å². The highest BCUT2D eigenvalue weighted by Crippen LogP contribution is 2.76. The zero-order valence-electron chi connectivity index (χ0n) is 20.1. The molecule has 1 N–H and O–H groups in total. The summed E-state index contributed by atoms with van der Waals surface area (Å²) in [6, 6.07) is 0. The minimum absolute atomic E-state index is 0.0489. The molecule has 0 bridgehead atoms. The quantitative estimate of drug-likeness (QED) is 0.505. The van der Waals surface area contributed by atoms with Crippen molar-refractivity contribution >= 4 is 0 Å². The summed E-state index contributed by atoms with van der Waals surface area (Å²) in [6.07, 6.45) is 18.5. The standard InChI is InChI=1S/C28H48O/c1-6-13-28-14-7-8-22(28)21-9-10-24-25(3)15-12-23(29)19(2)20(25)11-16-27(24,5)26(21,4)17-18-28/h19-24,29H,6-18H2,1-5H3/t19?,20?,21?,22?,23?,24?,25?,26-,27?,28?/m1/s1. The molecular weight excluding hydrogens is 352 g/mol. The van der Waals surface area contributed by atoms with Crippen LogP contribution in [-0.4, -0.2) is 11.2 Å². The molecule has 0 aromatic rings. The second-order valence-electron chi connectivity index (χ2n) is 13.3. The van der Waals surface area contributed by atoms with Crippen LogP contribution in [0.15, 0.2) is 0 Å². The van der Waals surface area contributed by atoms with Crippen molar-refractivity contribution in [1.82, 2.24) is 0 Å². The third-order valence-electron chi connectivity index (χ3n) is 12.8. The molecule has 5 rings (SSSR count). The topological polar surface area (TPSA) is 20.2 Å². The number of rotatable bonds is 2. The fourth-order valence-electron chi connectivity index (χ4n) is 11.2. The van der Waals surface area contributed by atoms with Crippen LogP contribution < -0.4 is 0 Å². The van der Waals surface area contributed by atoms with Crippen molar-refractivity contribution in [2.45, 2.75) is 124 Å². The molecule has 0 aromatic heterocycles. The predicted octanol–water partition coefficient (Wildman–Crippen LogP) is 7.61. The van der Waals surface area contributed by atoms with E-state index in [0.717, 1.165) is 30.1 Å². The summed E-state index contributed by atoms with van der Waals surface area (Å²) < 4.78 is 0. The first kappa shape index (κ1) is 20.8. The van der Waals surface area contributed by atoms with E-state index < -0.39 is 0 Å². The van der Waals surface area contributed by atoms with Gasteiger partial charge in [-0.15, -0.1) is 0 Å². The van der Waals surface area contributed by atoms with Crippen LogP contribution in [0.2, 0.25) is 0 Å². The first-order valence-corrected chi connectivity index (χ1v) is 13.4. The van der Waals surface area contributed by atoms with E-state index in [1.165, 1.54) is 77.0 Å². The van der Waals surface area contributed by atoms with Gasteiger partial charge in [-0.1, -0.05) is 47.5 Å². The molecule has 5 saturated carbocycles. The molecular formula is C28H48O. The summed E-state index contributed by atoms with van der Waals surface area (Å²) in [4.78, 5) is 0. The second-order valence-corrected chi connectivity index (χ2v) is 13.3. The Labute approximate surface area is 180 Å². The molecule has 29 heavy (non-hydrogen) atoms. The molecule has 0 saturated heterocycles. The molecule has 1 heteroatoms. The first-order valence-electron chi connectivity index (χ1n) is 13.4. The Morgan fingerprint density at radius 3 is 2.31 bits per heavy atom. The molecule has 0 amide bonds. The van der Waals surface area contributed by atoms with Crippen molar-refractivity contribution in [3.05, 3.63) is 0 Å². The first-order chi connectivity index (χ1) is 13.7. The van der Waals surface area contributed by atoms with Crippen molar-refractivity contribution < 1.29 is 5.11 Å². The molecule has 166 valence electrons. The van der Waals surface area contributed by atoms with Crippen molar-refractivity contribution in [3.63, 3.8) is 0 Å². The van der Waals surface area contributed by atoms with Crippen LogP contribution in [0.25, 0.3) is 0 Å². The highest BCUT2D eigenvalue weighted by atomic mass is 16.3. The van der Waals surface area contributed by atoms with Crippen LogP contribution in [0.3, 0.4) is 0 Å². The molecule has 0 radical (unpaired) electrons. The Morgan fingerprint density at radius 1 is 0.759 bits per heavy atom. The van der Waals surface area contributed by atoms with Crippen LogP contribution in [0.4, 0.5) is 0 Å². The van der Waals surface area contributed by atoms with Gasteiger partial charge in [0.05, 0.1) is 6.10 Å². The molecule has 5 aliphatic rings. The molecule has 0 heterocycles. The van der Waals surface area contributed by atoms with Gasteiger partial charge in [-0.3, -0.25) is 0 Å². The van der Waals surface area contributed by atoms with Gasteiger partial charge in [0.25, 0.3) is 0 Å². The number of aliphatic hydroxyl groups is 1. The third kappa shape index (κ3) is 2.55. The largest absolute Gasteiger partial charge is 0.393 e. The molecule has 0 spiro atoms. The highest BCUT2D eigenvalue weighted by Gasteiger charge is 2.68. The fraction of sp³-hybridized carbons (Fsp3) is 1.00. The van der Waals surface area contributed by atoms with E-state index in [0.29, 0.717) is 27.6 Å². The number of aliphatic hydroxyl groups excluding tert-OH is 1. The lowest BCUT2D eigenvalue weighted by Crippen LogP contribution is -2.65. The molecule has 5 fully saturated rings. The number of hydrogen-bond donors (Lipinski definition) is 1. The van der Waals surface area contributed by atoms with E-state index in [2.05, 4.69) is 34.6 Å². The van der Waals surface area contributed by atoms with Crippen molar-refractivity contribution in [2.24, 2.45) is 51.2 Å². The maximum atomic E-state index is 10.6. The minimum atomic E-state index is -0.0489. The van der Waals surface area contributed by atoms with Crippen LogP contribution >= 0.6 is 0 Å². The van der Waals surface area contributed by atoms with Crippen LogP contribution in [0.1, 0.15) is 118 Å². The zero-order chi connectivity index (χ0) is 20.7. The maximum Gasteiger partial charge on any atom is 0.0568 e. The summed E-state index contributed by atoms with van der Waals surface area (Å²) >= 11 is 0. The molecule has 10 atom stereocenters. The van der Waals surface area contributed by atoms with Crippen molar-refractivity contribution in [1.29, 1.82) is 0 Å². The van der Waals surface area contributed by atoms with Gasteiger partial charge in [0.1, 0.15) is 0 Å². The Hall–Kier alpha value is -0.0400. The minimum Gasteiger partial charge on any atom is -0.393 e. The molecule has 0 aromatic carbocycles. The molecule has 0 aliphatic heterocycles. The van der Waals surface area contributed by atoms with Gasteiger partial charge in [-0.25, -0.2) is 0 Å². The summed E-state index contributed by atoms with van der Waals surface area (Å²) in [6.45, 7) is 13.0. The molecule has 1 nitrogen and oxygen atoms in total. The van der Waals surface area contributed by atoms with E-state index in [-0.39, 0.29) is 6.10 Å². The smallest absolute Gasteiger partial charge is 0.0568 e. The maximum absolute atomic E-state index is 10.6. The Kier molecular flexibility index (Phi) is 4.83. The van der Waals surface area contributed by atoms with Crippen molar-refractivity contribution in [2.75, 3.05) is 0 Å². The van der Waals surface area contributed by atoms with Gasteiger partial charge in [0, 0.05) is 0 Å². The highest BCUT2D eigenvalue weighted by molar-refractivity contribution is 5.17. The lowest BCUT2D eigenvalue weighted by atomic mass is 9.33. The van der Waals surface area contributed by atoms with E-state index in [9.17, 15) is 5.11 Å². The lowest BCUT2D eigenvalue weighted by Gasteiger charge is -2.72. The van der Waals surface area contributed by atoms with Crippen molar-refractivity contribution in [3.8, 4) is 0 Å². The summed E-state index contributed by atoms with van der Waals surface area (Å²) in [5, 5.41) is 10.6. The van der Waals surface area contributed by atoms with Gasteiger partial charge in [0.2, 0.25) is 0 Å². The summed E-state index contributed by atoms with van der Waals surface area (Å²) in [5.41, 5.74) is 2.25. The Morgan fingerprint density at radius 2 is 1.55 bits per heavy atom. The average molecular weight is 401 g/mol. The lowest BCUT2D eigenvalue weighted by molar-refractivity contribution is -0.233. The van der Waals surface area contributed by atoms with Gasteiger partial charge in [0.15, 0.2) is 0 Å².